The fraction of sp³-hybridized carbons (Fsp3) is 0.472. The summed E-state index contributed by atoms with van der Waals surface area (Å²) in [4.78, 5) is 84.4. The first-order valence-electron chi connectivity index (χ1n) is 16.5. The number of carbonyl (C=O) groups excluding carboxylic acids is 7. The molecule has 6 amide bonds. The second kappa shape index (κ2) is 29.8. The van der Waals surface area contributed by atoms with Gasteiger partial charge in [-0.2, -0.15) is 7.05 Å². The Kier molecular flexibility index (Phi) is 30.8. The third-order valence-corrected chi connectivity index (χ3v) is 7.93. The molecule has 3 heterocycles. The monoisotopic (exact) mass is 871 g/mol. The summed E-state index contributed by atoms with van der Waals surface area (Å²) in [5.74, 6) is -1.69. The minimum Gasteiger partial charge on any atom is -0.693 e. The fourth-order valence-corrected chi connectivity index (χ4v) is 5.27. The number of hydrogen-bond donors (Lipinski definition) is 1. The molecule has 3 aliphatic heterocycles. The molecule has 0 aliphatic carbocycles. The van der Waals surface area contributed by atoms with Crippen LogP contribution in [0.4, 0.5) is 0 Å². The molecule has 3 fully saturated rings. The van der Waals surface area contributed by atoms with Crippen LogP contribution in [0.3, 0.4) is 0 Å². The molecule has 2 aromatic rings. The summed E-state index contributed by atoms with van der Waals surface area (Å²) in [5, 5.41) is 2.81. The standard InChI is InChI=1S/C20H24N2O4.C9H9NO2.C6H11NO.CH4N.2H2N.2Y/c23-17-10-3-1-5-12-21(17)19(25)15-8-7-9-16(14-15)20(26)22-13-6-2-4-11-18(22)24;1-6(11)7-3-2-4-8(5-7)9(10)12;8-6-4-2-1-3-5-7-6;1-2;;;;/h7-9,14H,1-6,10-13H2;2-5H,1H3,(H2,10,12);1-5H2,(H,7,8);2H,1H3;2*1H2;;/q;;;3*-1;;/p-1. The van der Waals surface area contributed by atoms with E-state index in [2.05, 4.69) is 5.32 Å². The van der Waals surface area contributed by atoms with Crippen molar-refractivity contribution < 1.29 is 99.0 Å². The summed E-state index contributed by atoms with van der Waals surface area (Å²) in [7, 11) is 1.25. The van der Waals surface area contributed by atoms with Crippen LogP contribution in [0.25, 0.3) is 23.8 Å². The van der Waals surface area contributed by atoms with Crippen LogP contribution in [-0.4, -0.2) is 77.7 Å². The van der Waals surface area contributed by atoms with Gasteiger partial charge in [-0.25, -0.2) is 0 Å². The van der Waals surface area contributed by atoms with Crippen LogP contribution in [0.15, 0.2) is 48.5 Å². The van der Waals surface area contributed by atoms with Gasteiger partial charge in [0.1, 0.15) is 0 Å². The minimum absolute atomic E-state index is 0. The Hall–Kier alpha value is -2.58. The first-order valence-corrected chi connectivity index (χ1v) is 16.5. The van der Waals surface area contributed by atoms with Gasteiger partial charge in [-0.05, 0) is 75.3 Å². The van der Waals surface area contributed by atoms with E-state index in [1.807, 2.05) is 0 Å². The summed E-state index contributed by atoms with van der Waals surface area (Å²) in [5.41, 5.74) is 13.9. The Bertz CT molecular complexity index is 1360. The van der Waals surface area contributed by atoms with Crippen molar-refractivity contribution in [1.29, 1.82) is 0 Å². The maximum absolute atomic E-state index is 12.7. The molecule has 0 spiro atoms. The van der Waals surface area contributed by atoms with E-state index in [1.54, 1.807) is 30.3 Å². The van der Waals surface area contributed by atoms with Gasteiger partial charge in [-0.3, -0.25) is 38.6 Å². The van der Waals surface area contributed by atoms with E-state index in [1.165, 1.54) is 48.4 Å². The van der Waals surface area contributed by atoms with Crippen LogP contribution in [0.1, 0.15) is 125 Å². The Labute approximate surface area is 357 Å². The van der Waals surface area contributed by atoms with Gasteiger partial charge >= 0.3 is 0 Å². The molecular weight excluding hydrogens is 820 g/mol. The molecule has 52 heavy (non-hydrogen) atoms. The van der Waals surface area contributed by atoms with Crippen molar-refractivity contribution in [1.82, 2.24) is 15.1 Å². The number of benzene rings is 2. The molecule has 2 aromatic carbocycles. The number of hydrogen-bond acceptors (Lipinski definition) is 7. The van der Waals surface area contributed by atoms with E-state index >= 15 is 0 Å². The molecular formula is C36H51N7O7Y2-4. The quantitative estimate of drug-likeness (QED) is 0.237. The molecule has 3 saturated heterocycles. The van der Waals surface area contributed by atoms with Crippen molar-refractivity contribution in [3.05, 3.63) is 94.6 Å². The Morgan fingerprint density at radius 1 is 0.596 bits per heavy atom. The number of imide groups is 2. The number of nitrogens with one attached hydrogen (secondary N) is 3. The molecule has 0 atom stereocenters. The predicted molar refractivity (Wildman–Crippen MR) is 193 cm³/mol. The average molecular weight is 872 g/mol. The second-order valence-electron chi connectivity index (χ2n) is 11.5. The molecule has 16 heteroatoms. The van der Waals surface area contributed by atoms with Gasteiger partial charge in [0.2, 0.25) is 17.7 Å². The zero-order chi connectivity index (χ0) is 35.5. The number of nitrogens with two attached hydrogens (primary N) is 2. The van der Waals surface area contributed by atoms with E-state index < -0.39 is 5.91 Å². The van der Waals surface area contributed by atoms with Gasteiger partial charge in [-0.1, -0.05) is 43.5 Å². The minimum atomic E-state index is -0.766. The van der Waals surface area contributed by atoms with Crippen molar-refractivity contribution in [3.8, 4) is 0 Å². The number of rotatable bonds is 4. The molecule has 0 bridgehead atoms. The number of amides is 6. The zero-order valence-electron chi connectivity index (χ0n) is 30.3. The first-order chi connectivity index (χ1) is 23.1. The first kappa shape index (κ1) is 53.8. The van der Waals surface area contributed by atoms with Gasteiger partial charge < -0.3 is 33.9 Å². The summed E-state index contributed by atoms with van der Waals surface area (Å²) in [6.07, 6.45) is 10.0. The molecule has 5 rings (SSSR count). The van der Waals surface area contributed by atoms with Crippen LogP contribution in [0.2, 0.25) is 0 Å². The maximum Gasteiger partial charge on any atom is 0.260 e. The van der Waals surface area contributed by atoms with Crippen molar-refractivity contribution >= 4 is 41.2 Å². The number of likely N-dealkylation sites (tertiary alicyclic amines) is 2. The summed E-state index contributed by atoms with van der Waals surface area (Å²) in [6.45, 7) is 3.15. The normalized spacial score (nSPS) is 15.2. The number of ketones is 1. The van der Waals surface area contributed by atoms with Gasteiger partial charge in [0.15, 0.2) is 5.78 Å². The molecule has 3 aliphatic rings. The van der Waals surface area contributed by atoms with Crippen LogP contribution in [0, 0.1) is 0 Å². The van der Waals surface area contributed by atoms with Crippen molar-refractivity contribution in [2.24, 2.45) is 0 Å². The maximum atomic E-state index is 12.7. The van der Waals surface area contributed by atoms with E-state index in [4.69, 9.17) is 11.5 Å². The van der Waals surface area contributed by atoms with Crippen LogP contribution in [0.5, 0.6) is 0 Å². The molecule has 0 unspecified atom stereocenters. The Morgan fingerprint density at radius 3 is 1.46 bits per heavy atom. The van der Waals surface area contributed by atoms with Gasteiger partial charge in [0.05, 0.1) is 5.91 Å². The number of nitrogens with zero attached hydrogens (tertiary/aromatic N) is 2. The van der Waals surface area contributed by atoms with Crippen molar-refractivity contribution in [2.75, 3.05) is 26.7 Å². The summed E-state index contributed by atoms with van der Waals surface area (Å²) < 4.78 is 0. The third-order valence-electron chi connectivity index (χ3n) is 7.93. The molecule has 282 valence electrons. The van der Waals surface area contributed by atoms with Crippen molar-refractivity contribution in [3.63, 3.8) is 0 Å². The smallest absolute Gasteiger partial charge is 0.260 e. The topological polar surface area (TPSA) is 253 Å². The summed E-state index contributed by atoms with van der Waals surface area (Å²) in [6, 6.07) is 12.5. The van der Waals surface area contributed by atoms with Gasteiger partial charge in [-0.15, -0.1) is 0 Å². The van der Waals surface area contributed by atoms with Gasteiger partial charge in [0.25, 0.3) is 11.8 Å². The molecule has 0 aromatic heterocycles. The average Bonchev–Trinajstić information content (AvgIpc) is 3.58. The molecule has 14 nitrogen and oxygen atoms in total. The molecule has 2 radical (unpaired) electrons. The second-order valence-corrected chi connectivity index (χ2v) is 11.5. The largest absolute Gasteiger partial charge is 0.693 e. The molecule has 0 saturated carbocycles. The van der Waals surface area contributed by atoms with Gasteiger partial charge in [0, 0.05) is 121 Å². The number of carbonyl (C=O) groups is 7. The SMILES string of the molecule is CC(=O)c1cccc(C([NH-])=O)c1.C[NH-].O=C1CCCCCN1.O=C1CCCCCN1C(=O)c1cccc(C(=O)N2CCCCCC2=O)c1.[NH2-].[NH2-].[Y].[Y]. The van der Waals surface area contributed by atoms with E-state index in [0.717, 1.165) is 64.3 Å². The van der Waals surface area contributed by atoms with Crippen LogP contribution >= 0.6 is 0 Å². The zero-order valence-corrected chi connectivity index (χ0v) is 36.0. The van der Waals surface area contributed by atoms with Crippen LogP contribution in [-0.2, 0) is 79.8 Å². The third kappa shape index (κ3) is 18.4. The summed E-state index contributed by atoms with van der Waals surface area (Å²) >= 11 is 0. The Morgan fingerprint density at radius 2 is 1.00 bits per heavy atom. The predicted octanol–water partition coefficient (Wildman–Crippen LogP) is 7.63. The van der Waals surface area contributed by atoms with E-state index in [0.29, 0.717) is 42.6 Å². The van der Waals surface area contributed by atoms with E-state index in [-0.39, 0.29) is 119 Å². The Balaban J connectivity index is -0.000000774. The van der Waals surface area contributed by atoms with Crippen LogP contribution < -0.4 is 5.32 Å². The van der Waals surface area contributed by atoms with Crippen molar-refractivity contribution in [2.45, 2.75) is 84.0 Å². The van der Waals surface area contributed by atoms with E-state index in [9.17, 15) is 33.6 Å². The number of Topliss-reactive ketones (excluding diaryl/α,β-unsaturated/α-hetero) is 1. The fourth-order valence-electron chi connectivity index (χ4n) is 5.27. The molecule has 7 N–H and O–H groups in total.